The summed E-state index contributed by atoms with van der Waals surface area (Å²) in [6.45, 7) is 2.97. The molecule has 0 bridgehead atoms. The van der Waals surface area contributed by atoms with Gasteiger partial charge < -0.3 is 14.2 Å². The van der Waals surface area contributed by atoms with Gasteiger partial charge in [-0.05, 0) is 35.9 Å². The Hall–Kier alpha value is -3.24. The predicted octanol–water partition coefficient (Wildman–Crippen LogP) is 5.22. The fraction of sp³-hybridized carbons (Fsp3) is 0.160. The van der Waals surface area contributed by atoms with Crippen LogP contribution in [0.3, 0.4) is 0 Å². The van der Waals surface area contributed by atoms with Gasteiger partial charge in [0.1, 0.15) is 0 Å². The van der Waals surface area contributed by atoms with Crippen LogP contribution < -0.4 is 4.90 Å². The normalized spacial score (nSPS) is 14.3. The molecule has 30 heavy (non-hydrogen) atoms. The number of rotatable bonds is 3. The van der Waals surface area contributed by atoms with Gasteiger partial charge in [0.25, 0.3) is 5.91 Å². The molecule has 2 aromatic heterocycles. The Labute approximate surface area is 180 Å². The van der Waals surface area contributed by atoms with Gasteiger partial charge in [0, 0.05) is 54.8 Å². The molecule has 3 heterocycles. The molecule has 0 atom stereocenters. The zero-order chi connectivity index (χ0) is 20.5. The molecule has 150 valence electrons. The maximum absolute atomic E-state index is 13.4. The number of hydrogen-bond acceptors (Lipinski definition) is 2. The number of hydrogen-bond donors (Lipinski definition) is 0. The number of aromatic nitrogens is 1. The maximum Gasteiger partial charge on any atom is 0.256 e. The topological polar surface area (TPSA) is 28.0 Å². The summed E-state index contributed by atoms with van der Waals surface area (Å²) in [7, 11) is 0. The van der Waals surface area contributed by atoms with Gasteiger partial charge >= 0.3 is 0 Å². The smallest absolute Gasteiger partial charge is 0.256 e. The van der Waals surface area contributed by atoms with Crippen LogP contribution in [0.2, 0.25) is 5.02 Å². The van der Waals surface area contributed by atoms with Crippen LogP contribution in [-0.4, -0.2) is 41.4 Å². The van der Waals surface area contributed by atoms with E-state index in [9.17, 15) is 4.79 Å². The van der Waals surface area contributed by atoms with E-state index in [1.807, 2.05) is 70.2 Å². The lowest BCUT2D eigenvalue weighted by Crippen LogP contribution is -2.48. The van der Waals surface area contributed by atoms with Crippen molar-refractivity contribution >= 4 is 28.7 Å². The standard InChI is InChI=1S/C25H22ClN3O/c26-20-8-4-9-21(18-20)27-14-16-29(17-15-27)25(30)23-11-13-28-12-5-10-22(24(23)28)19-6-2-1-3-7-19/h1-13,18H,14-17H2. The second-order valence-corrected chi connectivity index (χ2v) is 7.97. The van der Waals surface area contributed by atoms with E-state index < -0.39 is 0 Å². The molecule has 4 nitrogen and oxygen atoms in total. The molecule has 1 aliphatic rings. The predicted molar refractivity (Wildman–Crippen MR) is 122 cm³/mol. The summed E-state index contributed by atoms with van der Waals surface area (Å²) in [4.78, 5) is 17.7. The van der Waals surface area contributed by atoms with E-state index in [4.69, 9.17) is 11.6 Å². The molecule has 0 N–H and O–H groups in total. The first-order chi connectivity index (χ1) is 14.7. The van der Waals surface area contributed by atoms with Crippen molar-refractivity contribution < 1.29 is 4.79 Å². The summed E-state index contributed by atoms with van der Waals surface area (Å²) in [5, 5.41) is 0.736. The number of piperazine rings is 1. The second kappa shape index (κ2) is 7.88. The molecule has 4 aromatic rings. The Morgan fingerprint density at radius 1 is 0.800 bits per heavy atom. The molecule has 1 aliphatic heterocycles. The zero-order valence-corrected chi connectivity index (χ0v) is 17.3. The molecule has 0 radical (unpaired) electrons. The van der Waals surface area contributed by atoms with E-state index in [2.05, 4.69) is 29.2 Å². The first kappa shape index (κ1) is 18.8. The number of pyridine rings is 1. The summed E-state index contributed by atoms with van der Waals surface area (Å²) in [5.74, 6) is 0.0895. The number of carbonyl (C=O) groups excluding carboxylic acids is 1. The van der Waals surface area contributed by atoms with Crippen molar-refractivity contribution in [1.29, 1.82) is 0 Å². The highest BCUT2D eigenvalue weighted by atomic mass is 35.5. The van der Waals surface area contributed by atoms with Crippen molar-refractivity contribution in [3.8, 4) is 11.1 Å². The lowest BCUT2D eigenvalue weighted by Gasteiger charge is -2.36. The lowest BCUT2D eigenvalue weighted by atomic mass is 10.0. The van der Waals surface area contributed by atoms with Crippen LogP contribution in [0.25, 0.3) is 16.6 Å². The van der Waals surface area contributed by atoms with Crippen LogP contribution in [0.5, 0.6) is 0 Å². The maximum atomic E-state index is 13.4. The van der Waals surface area contributed by atoms with Gasteiger partial charge in [-0.3, -0.25) is 4.79 Å². The Morgan fingerprint density at radius 3 is 2.37 bits per heavy atom. The van der Waals surface area contributed by atoms with Gasteiger partial charge in [-0.1, -0.05) is 54.1 Å². The zero-order valence-electron chi connectivity index (χ0n) is 16.5. The second-order valence-electron chi connectivity index (χ2n) is 7.53. The molecular formula is C25H22ClN3O. The van der Waals surface area contributed by atoms with Crippen molar-refractivity contribution in [3.63, 3.8) is 0 Å². The molecule has 5 rings (SSSR count). The molecule has 1 fully saturated rings. The summed E-state index contributed by atoms with van der Waals surface area (Å²) in [5.41, 5.74) is 5.01. The molecule has 0 aliphatic carbocycles. The number of amides is 1. The third kappa shape index (κ3) is 3.44. The van der Waals surface area contributed by atoms with E-state index in [-0.39, 0.29) is 5.91 Å². The number of nitrogens with zero attached hydrogens (tertiary/aromatic N) is 3. The van der Waals surface area contributed by atoms with Gasteiger partial charge in [0.05, 0.1) is 11.1 Å². The third-order valence-electron chi connectivity index (χ3n) is 5.74. The molecule has 0 spiro atoms. The van der Waals surface area contributed by atoms with Gasteiger partial charge in [-0.25, -0.2) is 0 Å². The minimum atomic E-state index is 0.0895. The molecule has 0 saturated carbocycles. The number of anilines is 1. The molecule has 1 saturated heterocycles. The average molecular weight is 416 g/mol. The minimum Gasteiger partial charge on any atom is -0.368 e. The van der Waals surface area contributed by atoms with Gasteiger partial charge in [-0.2, -0.15) is 0 Å². The summed E-state index contributed by atoms with van der Waals surface area (Å²) >= 11 is 6.14. The average Bonchev–Trinajstić information content (AvgIpc) is 3.24. The molecule has 5 heteroatoms. The van der Waals surface area contributed by atoms with Gasteiger partial charge in [0.2, 0.25) is 0 Å². The Morgan fingerprint density at radius 2 is 1.60 bits per heavy atom. The van der Waals surface area contributed by atoms with Crippen molar-refractivity contribution in [2.45, 2.75) is 0 Å². The van der Waals surface area contributed by atoms with Gasteiger partial charge in [0.15, 0.2) is 0 Å². The minimum absolute atomic E-state index is 0.0895. The number of halogens is 1. The molecular weight excluding hydrogens is 394 g/mol. The Balaban J connectivity index is 1.41. The Kier molecular flexibility index (Phi) is 4.93. The van der Waals surface area contributed by atoms with Crippen molar-refractivity contribution in [2.24, 2.45) is 0 Å². The van der Waals surface area contributed by atoms with Crippen LogP contribution >= 0.6 is 11.6 Å². The molecule has 2 aromatic carbocycles. The van der Waals surface area contributed by atoms with Crippen LogP contribution in [0.15, 0.2) is 85.2 Å². The quantitative estimate of drug-likeness (QED) is 0.458. The number of benzene rings is 2. The van der Waals surface area contributed by atoms with Crippen molar-refractivity contribution in [1.82, 2.24) is 9.30 Å². The molecule has 1 amide bonds. The van der Waals surface area contributed by atoms with E-state index in [0.29, 0.717) is 13.1 Å². The summed E-state index contributed by atoms with van der Waals surface area (Å²) in [6, 6.07) is 24.2. The third-order valence-corrected chi connectivity index (χ3v) is 5.97. The van der Waals surface area contributed by atoms with E-state index in [1.165, 1.54) is 0 Å². The van der Waals surface area contributed by atoms with E-state index in [0.717, 1.165) is 46.0 Å². The Bertz CT molecular complexity index is 1190. The van der Waals surface area contributed by atoms with Crippen LogP contribution in [0.4, 0.5) is 5.69 Å². The first-order valence-electron chi connectivity index (χ1n) is 10.2. The summed E-state index contributed by atoms with van der Waals surface area (Å²) in [6.07, 6.45) is 3.97. The van der Waals surface area contributed by atoms with Crippen LogP contribution in [0, 0.1) is 0 Å². The lowest BCUT2D eigenvalue weighted by molar-refractivity contribution is 0.0749. The van der Waals surface area contributed by atoms with Crippen molar-refractivity contribution in [3.05, 3.63) is 95.8 Å². The number of carbonyl (C=O) groups is 1. The van der Waals surface area contributed by atoms with E-state index >= 15 is 0 Å². The number of fused-ring (bicyclic) bond motifs is 1. The summed E-state index contributed by atoms with van der Waals surface area (Å²) < 4.78 is 2.04. The molecule has 0 unspecified atom stereocenters. The highest BCUT2D eigenvalue weighted by molar-refractivity contribution is 6.30. The van der Waals surface area contributed by atoms with Crippen LogP contribution in [0.1, 0.15) is 10.4 Å². The largest absolute Gasteiger partial charge is 0.368 e. The fourth-order valence-corrected chi connectivity index (χ4v) is 4.39. The fourth-order valence-electron chi connectivity index (χ4n) is 4.20. The highest BCUT2D eigenvalue weighted by Gasteiger charge is 2.25. The van der Waals surface area contributed by atoms with Crippen LogP contribution in [-0.2, 0) is 0 Å². The van der Waals surface area contributed by atoms with Crippen molar-refractivity contribution in [2.75, 3.05) is 31.1 Å². The highest BCUT2D eigenvalue weighted by Crippen LogP contribution is 2.29. The monoisotopic (exact) mass is 415 g/mol. The SMILES string of the molecule is O=C(c1ccn2cccc(-c3ccccc3)c12)N1CCN(c2cccc(Cl)c2)CC1. The van der Waals surface area contributed by atoms with E-state index in [1.54, 1.807) is 0 Å². The van der Waals surface area contributed by atoms with Gasteiger partial charge in [-0.15, -0.1) is 0 Å². The first-order valence-corrected chi connectivity index (χ1v) is 10.5.